The predicted octanol–water partition coefficient (Wildman–Crippen LogP) is -0.0373. The van der Waals surface area contributed by atoms with Gasteiger partial charge in [-0.05, 0) is 13.8 Å². The maximum Gasteiger partial charge on any atom is 0.254 e. The third-order valence-electron chi connectivity index (χ3n) is 2.44. The quantitative estimate of drug-likeness (QED) is 0.778. The molecule has 1 aromatic heterocycles. The maximum absolute atomic E-state index is 11.5. The van der Waals surface area contributed by atoms with E-state index in [4.69, 9.17) is 0 Å². The largest absolute Gasteiger partial charge is 0.350 e. The second-order valence-electron chi connectivity index (χ2n) is 4.20. The molecule has 0 atom stereocenters. The minimum Gasteiger partial charge on any atom is -0.350 e. The summed E-state index contributed by atoms with van der Waals surface area (Å²) in [7, 11) is -3.21. The molecule has 2 N–H and O–H groups in total. The van der Waals surface area contributed by atoms with Crippen molar-refractivity contribution in [2.24, 2.45) is 0 Å². The molecule has 0 bridgehead atoms. The van der Waals surface area contributed by atoms with Crippen molar-refractivity contribution < 1.29 is 13.2 Å². The zero-order valence-electron chi connectivity index (χ0n) is 9.44. The summed E-state index contributed by atoms with van der Waals surface area (Å²) in [5.74, 6) is -0.342. The highest BCUT2D eigenvalue weighted by molar-refractivity contribution is 7.92. The van der Waals surface area contributed by atoms with Crippen LogP contribution < -0.4 is 5.32 Å². The van der Waals surface area contributed by atoms with Crippen LogP contribution in [0.15, 0.2) is 12.4 Å². The lowest BCUT2D eigenvalue weighted by Crippen LogP contribution is -2.43. The molecular weight excluding hydrogens is 230 g/mol. The number of carbonyl (C=O) groups excluding carboxylic acids is 1. The molecular formula is C9H15N3O3S. The van der Waals surface area contributed by atoms with E-state index < -0.39 is 14.6 Å². The van der Waals surface area contributed by atoms with Gasteiger partial charge in [-0.25, -0.2) is 8.42 Å². The number of hydrogen-bond donors (Lipinski definition) is 2. The fraction of sp³-hybridized carbons (Fsp3) is 0.556. The van der Waals surface area contributed by atoms with Crippen molar-refractivity contribution in [3.63, 3.8) is 0 Å². The van der Waals surface area contributed by atoms with Gasteiger partial charge in [0.2, 0.25) is 0 Å². The van der Waals surface area contributed by atoms with Gasteiger partial charge in [0, 0.05) is 19.0 Å². The van der Waals surface area contributed by atoms with Gasteiger partial charge in [0.15, 0.2) is 9.84 Å². The number of carbonyl (C=O) groups is 1. The fourth-order valence-corrected chi connectivity index (χ4v) is 1.24. The Hall–Kier alpha value is -1.37. The average molecular weight is 245 g/mol. The van der Waals surface area contributed by atoms with Gasteiger partial charge in [0.05, 0.1) is 16.5 Å². The Morgan fingerprint density at radius 1 is 1.56 bits per heavy atom. The minimum absolute atomic E-state index is 0.0653. The topological polar surface area (TPSA) is 91.9 Å². The molecule has 1 aromatic rings. The first kappa shape index (κ1) is 12.7. The highest BCUT2D eigenvalue weighted by atomic mass is 32.2. The van der Waals surface area contributed by atoms with E-state index in [9.17, 15) is 13.2 Å². The normalized spacial score (nSPS) is 12.4. The number of amides is 1. The van der Waals surface area contributed by atoms with Gasteiger partial charge < -0.3 is 5.32 Å². The molecule has 7 heteroatoms. The summed E-state index contributed by atoms with van der Waals surface area (Å²) in [6.45, 7) is 3.20. The predicted molar refractivity (Wildman–Crippen MR) is 59.8 cm³/mol. The fourth-order valence-electron chi connectivity index (χ4n) is 0.901. The summed E-state index contributed by atoms with van der Waals surface area (Å²) >= 11 is 0. The number of nitrogens with zero attached hydrogens (tertiary/aromatic N) is 1. The second kappa shape index (κ2) is 4.25. The zero-order chi connectivity index (χ0) is 12.4. The van der Waals surface area contributed by atoms with Crippen LogP contribution in [0.4, 0.5) is 0 Å². The SMILES string of the molecule is CC(C)(CNC(=O)c1cn[nH]c1)S(C)(=O)=O. The molecule has 0 aliphatic rings. The Balaban J connectivity index is 2.63. The number of nitrogens with one attached hydrogen (secondary N) is 2. The highest BCUT2D eigenvalue weighted by Crippen LogP contribution is 2.13. The minimum atomic E-state index is -3.21. The van der Waals surface area contributed by atoms with E-state index in [-0.39, 0.29) is 12.5 Å². The summed E-state index contributed by atoms with van der Waals surface area (Å²) < 4.78 is 21.8. The molecule has 0 saturated heterocycles. The Morgan fingerprint density at radius 3 is 2.62 bits per heavy atom. The lowest BCUT2D eigenvalue weighted by molar-refractivity contribution is 0.0950. The smallest absolute Gasteiger partial charge is 0.254 e. The molecule has 6 nitrogen and oxygen atoms in total. The van der Waals surface area contributed by atoms with Crippen molar-refractivity contribution in [2.45, 2.75) is 18.6 Å². The van der Waals surface area contributed by atoms with Crippen molar-refractivity contribution in [2.75, 3.05) is 12.8 Å². The van der Waals surface area contributed by atoms with Crippen LogP contribution in [0.2, 0.25) is 0 Å². The molecule has 1 amide bonds. The molecule has 0 aromatic carbocycles. The standard InChI is InChI=1S/C9H15N3O3S/c1-9(2,16(3,14)15)6-10-8(13)7-4-11-12-5-7/h4-5H,6H2,1-3H3,(H,10,13)(H,11,12). The number of hydrogen-bond acceptors (Lipinski definition) is 4. The van der Waals surface area contributed by atoms with Gasteiger partial charge in [0.25, 0.3) is 5.91 Å². The van der Waals surface area contributed by atoms with Crippen molar-refractivity contribution in [1.29, 1.82) is 0 Å². The number of aromatic amines is 1. The van der Waals surface area contributed by atoms with Gasteiger partial charge in [-0.1, -0.05) is 0 Å². The molecule has 0 aliphatic carbocycles. The third kappa shape index (κ3) is 2.82. The monoisotopic (exact) mass is 245 g/mol. The summed E-state index contributed by atoms with van der Waals surface area (Å²) in [4.78, 5) is 11.5. The first-order chi connectivity index (χ1) is 7.24. The number of H-pyrrole nitrogens is 1. The van der Waals surface area contributed by atoms with E-state index in [1.807, 2.05) is 0 Å². The first-order valence-electron chi connectivity index (χ1n) is 4.70. The van der Waals surface area contributed by atoms with Gasteiger partial charge in [0.1, 0.15) is 0 Å². The van der Waals surface area contributed by atoms with Crippen LogP contribution in [-0.2, 0) is 9.84 Å². The van der Waals surface area contributed by atoms with Crippen LogP contribution in [0.3, 0.4) is 0 Å². The van der Waals surface area contributed by atoms with Gasteiger partial charge in [-0.3, -0.25) is 9.89 Å². The van der Waals surface area contributed by atoms with Crippen LogP contribution in [0.5, 0.6) is 0 Å². The lowest BCUT2D eigenvalue weighted by atomic mass is 10.2. The van der Waals surface area contributed by atoms with Crippen molar-refractivity contribution in [3.05, 3.63) is 18.0 Å². The molecule has 16 heavy (non-hydrogen) atoms. The van der Waals surface area contributed by atoms with E-state index in [0.717, 1.165) is 6.26 Å². The zero-order valence-corrected chi connectivity index (χ0v) is 10.3. The van der Waals surface area contributed by atoms with Crippen LogP contribution in [0.25, 0.3) is 0 Å². The first-order valence-corrected chi connectivity index (χ1v) is 6.60. The van der Waals surface area contributed by atoms with E-state index in [1.54, 1.807) is 13.8 Å². The molecule has 0 fully saturated rings. The average Bonchev–Trinajstić information content (AvgIpc) is 2.65. The Kier molecular flexibility index (Phi) is 3.37. The molecule has 0 saturated carbocycles. The molecule has 0 radical (unpaired) electrons. The van der Waals surface area contributed by atoms with Gasteiger partial charge in [-0.2, -0.15) is 5.10 Å². The highest BCUT2D eigenvalue weighted by Gasteiger charge is 2.30. The van der Waals surface area contributed by atoms with E-state index in [0.29, 0.717) is 5.56 Å². The maximum atomic E-state index is 11.5. The Morgan fingerprint density at radius 2 is 2.19 bits per heavy atom. The van der Waals surface area contributed by atoms with E-state index >= 15 is 0 Å². The molecule has 0 aliphatic heterocycles. The van der Waals surface area contributed by atoms with Crippen LogP contribution >= 0.6 is 0 Å². The second-order valence-corrected chi connectivity index (χ2v) is 6.85. The molecule has 0 spiro atoms. The Bertz CT molecular complexity index is 462. The van der Waals surface area contributed by atoms with Crippen LogP contribution in [0, 0.1) is 0 Å². The van der Waals surface area contributed by atoms with Crippen molar-refractivity contribution >= 4 is 15.7 Å². The summed E-state index contributed by atoms with van der Waals surface area (Å²) in [6, 6.07) is 0. The summed E-state index contributed by atoms with van der Waals surface area (Å²) in [5, 5.41) is 8.70. The lowest BCUT2D eigenvalue weighted by Gasteiger charge is -2.22. The van der Waals surface area contributed by atoms with Gasteiger partial charge in [-0.15, -0.1) is 0 Å². The van der Waals surface area contributed by atoms with Crippen LogP contribution in [-0.4, -0.2) is 42.1 Å². The molecule has 0 unspecified atom stereocenters. The summed E-state index contributed by atoms with van der Waals surface area (Å²) in [6.07, 6.45) is 3.97. The van der Waals surface area contributed by atoms with Crippen molar-refractivity contribution in [1.82, 2.24) is 15.5 Å². The van der Waals surface area contributed by atoms with Gasteiger partial charge >= 0.3 is 0 Å². The van der Waals surface area contributed by atoms with E-state index in [1.165, 1.54) is 12.4 Å². The molecule has 1 heterocycles. The number of rotatable bonds is 4. The molecule has 90 valence electrons. The molecule has 1 rings (SSSR count). The number of aromatic nitrogens is 2. The summed E-state index contributed by atoms with van der Waals surface area (Å²) in [5.41, 5.74) is 0.379. The van der Waals surface area contributed by atoms with Crippen molar-refractivity contribution in [3.8, 4) is 0 Å². The van der Waals surface area contributed by atoms with Crippen LogP contribution in [0.1, 0.15) is 24.2 Å². The third-order valence-corrected chi connectivity index (χ3v) is 4.59. The van der Waals surface area contributed by atoms with E-state index in [2.05, 4.69) is 15.5 Å². The number of sulfone groups is 1. The Labute approximate surface area is 94.4 Å².